The number of carbonyl (C=O) groups excluding carboxylic acids is 1. The van der Waals surface area contributed by atoms with Gasteiger partial charge in [-0.2, -0.15) is 0 Å². The summed E-state index contributed by atoms with van der Waals surface area (Å²) in [6.45, 7) is 4.93. The van der Waals surface area contributed by atoms with E-state index in [1.807, 2.05) is 12.1 Å². The molecule has 1 fully saturated rings. The lowest BCUT2D eigenvalue weighted by Gasteiger charge is -2.28. The number of rotatable bonds is 4. The normalized spacial score (nSPS) is 21.4. The van der Waals surface area contributed by atoms with Crippen molar-refractivity contribution >= 4 is 16.8 Å². The quantitative estimate of drug-likeness (QED) is 0.812. The lowest BCUT2D eigenvalue weighted by molar-refractivity contribution is -0.922. The van der Waals surface area contributed by atoms with Gasteiger partial charge in [0, 0.05) is 5.92 Å². The number of aromatic nitrogens is 2. The Hall–Kier alpha value is -2.21. The number of nitrogens with one attached hydrogen (secondary N) is 1. The van der Waals surface area contributed by atoms with Gasteiger partial charge < -0.3 is 10.6 Å². The van der Waals surface area contributed by atoms with Gasteiger partial charge in [0.15, 0.2) is 5.82 Å². The number of piperidine rings is 1. The zero-order chi connectivity index (χ0) is 16.4. The number of nitrogens with two attached hydrogens (primary N) is 1. The molecule has 2 aromatic rings. The number of carbonyl (C=O) groups is 1. The molecule has 1 aromatic carbocycles. The molecule has 1 aliphatic heterocycles. The number of primary amides is 1. The van der Waals surface area contributed by atoms with Crippen LogP contribution >= 0.6 is 0 Å². The average Bonchev–Trinajstić information content (AvgIpc) is 2.51. The summed E-state index contributed by atoms with van der Waals surface area (Å²) >= 11 is 0. The largest absolute Gasteiger partial charge is 0.368 e. The second-order valence-corrected chi connectivity index (χ2v) is 6.53. The Labute approximate surface area is 134 Å². The number of fused-ring (bicyclic) bond motifs is 1. The van der Waals surface area contributed by atoms with Crippen LogP contribution in [0.15, 0.2) is 29.1 Å². The fourth-order valence-corrected chi connectivity index (χ4v) is 3.45. The van der Waals surface area contributed by atoms with E-state index in [-0.39, 0.29) is 12.1 Å². The number of nitrogens with zero attached hydrogens (tertiary/aromatic N) is 2. The van der Waals surface area contributed by atoms with Crippen molar-refractivity contribution in [3.8, 4) is 0 Å². The maximum absolute atomic E-state index is 12.7. The number of hydrogen-bond donors (Lipinski definition) is 2. The van der Waals surface area contributed by atoms with Crippen LogP contribution in [0.3, 0.4) is 0 Å². The van der Waals surface area contributed by atoms with E-state index in [9.17, 15) is 9.59 Å². The van der Waals surface area contributed by atoms with E-state index < -0.39 is 5.91 Å². The van der Waals surface area contributed by atoms with Crippen LogP contribution in [0.2, 0.25) is 0 Å². The summed E-state index contributed by atoms with van der Waals surface area (Å²) in [6.07, 6.45) is 2.44. The van der Waals surface area contributed by atoms with Crippen molar-refractivity contribution in [2.24, 2.45) is 11.7 Å². The van der Waals surface area contributed by atoms with E-state index in [4.69, 9.17) is 5.73 Å². The van der Waals surface area contributed by atoms with Gasteiger partial charge in [-0.15, -0.1) is 0 Å². The number of quaternary nitrogens is 1. The van der Waals surface area contributed by atoms with Crippen molar-refractivity contribution in [1.82, 2.24) is 9.55 Å². The van der Waals surface area contributed by atoms with Crippen molar-refractivity contribution in [2.75, 3.05) is 13.1 Å². The third-order valence-electron chi connectivity index (χ3n) is 4.53. The van der Waals surface area contributed by atoms with Crippen LogP contribution in [0.5, 0.6) is 0 Å². The molecule has 3 N–H and O–H groups in total. The first kappa shape index (κ1) is 15.7. The molecule has 122 valence electrons. The molecule has 1 amide bonds. The molecule has 2 atom stereocenters. The van der Waals surface area contributed by atoms with Gasteiger partial charge in [0.1, 0.15) is 13.1 Å². The van der Waals surface area contributed by atoms with E-state index in [0.29, 0.717) is 29.2 Å². The van der Waals surface area contributed by atoms with Gasteiger partial charge in [-0.25, -0.2) is 4.98 Å². The minimum atomic E-state index is -0.521. The predicted molar refractivity (Wildman–Crippen MR) is 88.0 cm³/mol. The first-order chi connectivity index (χ1) is 11.0. The minimum absolute atomic E-state index is 0.116. The Morgan fingerprint density at radius 1 is 1.43 bits per heavy atom. The number of para-hydroxylation sites is 1. The number of benzene rings is 1. The summed E-state index contributed by atoms with van der Waals surface area (Å²) in [4.78, 5) is 30.1. The molecule has 6 heteroatoms. The fourth-order valence-electron chi connectivity index (χ4n) is 3.45. The molecule has 2 heterocycles. The van der Waals surface area contributed by atoms with Crippen LogP contribution in [0.4, 0.5) is 0 Å². The molecule has 0 bridgehead atoms. The maximum Gasteiger partial charge on any atom is 0.262 e. The molecule has 1 aliphatic rings. The van der Waals surface area contributed by atoms with Crippen LogP contribution < -0.4 is 16.2 Å². The van der Waals surface area contributed by atoms with Gasteiger partial charge in [-0.1, -0.05) is 19.1 Å². The zero-order valence-corrected chi connectivity index (χ0v) is 13.4. The van der Waals surface area contributed by atoms with Gasteiger partial charge in [0.05, 0.1) is 24.0 Å². The highest BCUT2D eigenvalue weighted by Gasteiger charge is 2.23. The van der Waals surface area contributed by atoms with E-state index >= 15 is 0 Å². The lowest BCUT2D eigenvalue weighted by Crippen LogP contribution is -3.12. The summed E-state index contributed by atoms with van der Waals surface area (Å²) in [5, 5.41) is 0.527. The van der Waals surface area contributed by atoms with Crippen LogP contribution in [0.25, 0.3) is 10.9 Å². The SMILES string of the molecule is C[C@@H]1CCC[NH+](Cc2nc3ccccc3c(=O)n2CC(N)=O)C1. The standard InChI is InChI=1S/C17H22N4O2/c1-12-5-4-8-20(9-12)11-16-19-14-7-3-2-6-13(14)17(23)21(16)10-15(18)22/h2-3,6-7,12H,4-5,8-11H2,1H3,(H2,18,22)/p+1/t12-/m1/s1. The van der Waals surface area contributed by atoms with Crippen LogP contribution in [0, 0.1) is 5.92 Å². The van der Waals surface area contributed by atoms with Crippen molar-refractivity contribution < 1.29 is 9.69 Å². The van der Waals surface area contributed by atoms with Crippen LogP contribution in [0.1, 0.15) is 25.6 Å². The van der Waals surface area contributed by atoms with Gasteiger partial charge >= 0.3 is 0 Å². The molecule has 0 saturated carbocycles. The van der Waals surface area contributed by atoms with Crippen LogP contribution in [-0.2, 0) is 17.9 Å². The molecule has 1 unspecified atom stereocenters. The molecule has 1 aromatic heterocycles. The second-order valence-electron chi connectivity index (χ2n) is 6.53. The predicted octanol–water partition coefficient (Wildman–Crippen LogP) is -0.303. The number of amides is 1. The summed E-state index contributed by atoms with van der Waals surface area (Å²) in [5.41, 5.74) is 5.82. The molecular formula is C17H23N4O2+. The van der Waals surface area contributed by atoms with Gasteiger partial charge in [0.25, 0.3) is 5.56 Å². The Balaban J connectivity index is 2.02. The highest BCUT2D eigenvalue weighted by Crippen LogP contribution is 2.09. The van der Waals surface area contributed by atoms with Crippen molar-refractivity contribution in [3.63, 3.8) is 0 Å². The first-order valence-corrected chi connectivity index (χ1v) is 8.15. The van der Waals surface area contributed by atoms with Gasteiger partial charge in [-0.3, -0.25) is 14.2 Å². The molecular weight excluding hydrogens is 292 g/mol. The Kier molecular flexibility index (Phi) is 4.43. The van der Waals surface area contributed by atoms with Gasteiger partial charge in [0.2, 0.25) is 5.91 Å². The Morgan fingerprint density at radius 2 is 2.22 bits per heavy atom. The van der Waals surface area contributed by atoms with E-state index in [1.54, 1.807) is 12.1 Å². The van der Waals surface area contributed by atoms with Crippen LogP contribution in [-0.4, -0.2) is 28.5 Å². The highest BCUT2D eigenvalue weighted by molar-refractivity contribution is 5.78. The lowest BCUT2D eigenvalue weighted by atomic mass is 10.0. The summed E-state index contributed by atoms with van der Waals surface area (Å²) in [7, 11) is 0. The minimum Gasteiger partial charge on any atom is -0.368 e. The summed E-state index contributed by atoms with van der Waals surface area (Å²) < 4.78 is 1.44. The molecule has 0 aliphatic carbocycles. The molecule has 1 saturated heterocycles. The topological polar surface area (TPSA) is 82.4 Å². The van der Waals surface area contributed by atoms with E-state index in [0.717, 1.165) is 13.1 Å². The summed E-state index contributed by atoms with van der Waals surface area (Å²) in [5.74, 6) is 0.805. The van der Waals surface area contributed by atoms with Gasteiger partial charge in [-0.05, 0) is 25.0 Å². The average molecular weight is 315 g/mol. The Bertz CT molecular complexity index is 784. The summed E-state index contributed by atoms with van der Waals surface area (Å²) in [6, 6.07) is 7.24. The number of likely N-dealkylation sites (tertiary alicyclic amines) is 1. The van der Waals surface area contributed by atoms with Crippen molar-refractivity contribution in [3.05, 3.63) is 40.4 Å². The third kappa shape index (κ3) is 3.42. The van der Waals surface area contributed by atoms with E-state index in [1.165, 1.54) is 22.3 Å². The molecule has 3 rings (SSSR count). The molecule has 23 heavy (non-hydrogen) atoms. The molecule has 6 nitrogen and oxygen atoms in total. The van der Waals surface area contributed by atoms with Crippen molar-refractivity contribution in [2.45, 2.75) is 32.9 Å². The third-order valence-corrected chi connectivity index (χ3v) is 4.53. The smallest absolute Gasteiger partial charge is 0.262 e. The van der Waals surface area contributed by atoms with Crippen molar-refractivity contribution in [1.29, 1.82) is 0 Å². The first-order valence-electron chi connectivity index (χ1n) is 8.15. The second kappa shape index (κ2) is 6.50. The molecule has 0 radical (unpaired) electrons. The maximum atomic E-state index is 12.7. The monoisotopic (exact) mass is 315 g/mol. The highest BCUT2D eigenvalue weighted by atomic mass is 16.2. The number of hydrogen-bond acceptors (Lipinski definition) is 3. The Morgan fingerprint density at radius 3 is 2.96 bits per heavy atom. The molecule has 0 spiro atoms. The zero-order valence-electron chi connectivity index (χ0n) is 13.4. The fraction of sp³-hybridized carbons (Fsp3) is 0.471. The van der Waals surface area contributed by atoms with E-state index in [2.05, 4.69) is 11.9 Å².